The van der Waals surface area contributed by atoms with Gasteiger partial charge in [-0.1, -0.05) is 31.2 Å². The van der Waals surface area contributed by atoms with E-state index in [2.05, 4.69) is 73.9 Å². The van der Waals surface area contributed by atoms with Gasteiger partial charge in [-0.05, 0) is 45.5 Å². The van der Waals surface area contributed by atoms with Gasteiger partial charge in [0.1, 0.15) is 0 Å². The van der Waals surface area contributed by atoms with E-state index < -0.39 is 0 Å². The summed E-state index contributed by atoms with van der Waals surface area (Å²) in [6.07, 6.45) is 1.07. The molecule has 0 aliphatic carbocycles. The Hall–Kier alpha value is -1.55. The topological polar surface area (TPSA) is 44.9 Å². The molecule has 1 aromatic carbocycles. The third kappa shape index (κ3) is 5.05. The molecule has 0 amide bonds. The normalized spacial score (nSPS) is 13.5. The molecule has 0 bridgehead atoms. The zero-order valence-electron chi connectivity index (χ0n) is 14.1. The van der Waals surface area contributed by atoms with Crippen molar-refractivity contribution in [3.8, 4) is 0 Å². The van der Waals surface area contributed by atoms with Crippen molar-refractivity contribution >= 4 is 5.96 Å². The molecule has 118 valence electrons. The summed E-state index contributed by atoms with van der Waals surface area (Å²) in [7, 11) is 4.17. The molecule has 0 fully saturated rings. The molecule has 21 heavy (non-hydrogen) atoms. The number of nitrogens with zero attached hydrogens (tertiary/aromatic N) is 3. The van der Waals surface area contributed by atoms with Crippen molar-refractivity contribution in [1.82, 2.24) is 9.80 Å². The van der Waals surface area contributed by atoms with E-state index in [1.54, 1.807) is 0 Å². The van der Waals surface area contributed by atoms with E-state index >= 15 is 0 Å². The van der Waals surface area contributed by atoms with Crippen LogP contribution in [0.5, 0.6) is 0 Å². The molecule has 0 radical (unpaired) electrons. The fourth-order valence-corrected chi connectivity index (χ4v) is 2.37. The summed E-state index contributed by atoms with van der Waals surface area (Å²) in [6.45, 7) is 8.83. The van der Waals surface area contributed by atoms with E-state index in [0.29, 0.717) is 12.5 Å². The summed E-state index contributed by atoms with van der Waals surface area (Å²) in [5.41, 5.74) is 8.72. The lowest BCUT2D eigenvalue weighted by molar-refractivity contribution is 0.305. The molecule has 4 nitrogen and oxygen atoms in total. The van der Waals surface area contributed by atoms with Crippen molar-refractivity contribution in [1.29, 1.82) is 0 Å². The SMILES string of the molecule is CCc1ccc(C(CN=C(N)N(CC)CC)N(C)C)cc1. The highest BCUT2D eigenvalue weighted by Crippen LogP contribution is 2.19. The van der Waals surface area contributed by atoms with Crippen molar-refractivity contribution in [2.75, 3.05) is 33.7 Å². The van der Waals surface area contributed by atoms with Crippen LogP contribution in [0.15, 0.2) is 29.3 Å². The van der Waals surface area contributed by atoms with Crippen LogP contribution in [-0.2, 0) is 6.42 Å². The highest BCUT2D eigenvalue weighted by atomic mass is 15.2. The van der Waals surface area contributed by atoms with Crippen molar-refractivity contribution < 1.29 is 0 Å². The van der Waals surface area contributed by atoms with Gasteiger partial charge in [-0.3, -0.25) is 4.99 Å². The summed E-state index contributed by atoms with van der Waals surface area (Å²) in [5.74, 6) is 0.636. The third-order valence-corrected chi connectivity index (χ3v) is 3.91. The molecule has 0 saturated heterocycles. The highest BCUT2D eigenvalue weighted by molar-refractivity contribution is 5.78. The van der Waals surface area contributed by atoms with Crippen molar-refractivity contribution in [2.24, 2.45) is 10.7 Å². The number of hydrogen-bond donors (Lipinski definition) is 1. The Bertz CT molecular complexity index is 433. The number of guanidine groups is 1. The van der Waals surface area contributed by atoms with E-state index in [-0.39, 0.29) is 6.04 Å². The highest BCUT2D eigenvalue weighted by Gasteiger charge is 2.14. The fraction of sp³-hybridized carbons (Fsp3) is 0.588. The first kappa shape index (κ1) is 17.5. The van der Waals surface area contributed by atoms with Crippen LogP contribution in [0.25, 0.3) is 0 Å². The first-order chi connectivity index (χ1) is 10.0. The molecule has 1 unspecified atom stereocenters. The average molecular weight is 290 g/mol. The molecule has 0 aliphatic heterocycles. The summed E-state index contributed by atoms with van der Waals surface area (Å²) in [5, 5.41) is 0. The molecule has 1 rings (SSSR count). The Kier molecular flexibility index (Phi) is 7.23. The predicted octanol–water partition coefficient (Wildman–Crippen LogP) is 2.51. The predicted molar refractivity (Wildman–Crippen MR) is 91.7 cm³/mol. The second-order valence-corrected chi connectivity index (χ2v) is 5.45. The molecule has 1 atom stereocenters. The number of likely N-dealkylation sites (N-methyl/N-ethyl adjacent to an activating group) is 1. The summed E-state index contributed by atoms with van der Waals surface area (Å²) < 4.78 is 0. The lowest BCUT2D eigenvalue weighted by Crippen LogP contribution is -2.37. The molecule has 0 saturated carbocycles. The van der Waals surface area contributed by atoms with Gasteiger partial charge in [0, 0.05) is 13.1 Å². The van der Waals surface area contributed by atoms with Gasteiger partial charge in [0.2, 0.25) is 0 Å². The van der Waals surface area contributed by atoms with Gasteiger partial charge in [0.15, 0.2) is 5.96 Å². The van der Waals surface area contributed by atoms with Crippen LogP contribution in [0.2, 0.25) is 0 Å². The third-order valence-electron chi connectivity index (χ3n) is 3.91. The average Bonchev–Trinajstić information content (AvgIpc) is 2.49. The quantitative estimate of drug-likeness (QED) is 0.620. The zero-order chi connectivity index (χ0) is 15.8. The molecular formula is C17H30N4. The van der Waals surface area contributed by atoms with Crippen LogP contribution in [-0.4, -0.2) is 49.5 Å². The lowest BCUT2D eigenvalue weighted by Gasteiger charge is -2.25. The van der Waals surface area contributed by atoms with Gasteiger partial charge in [0.05, 0.1) is 12.6 Å². The molecule has 1 aromatic rings. The number of rotatable bonds is 7. The van der Waals surface area contributed by atoms with E-state index in [9.17, 15) is 0 Å². The first-order valence-corrected chi connectivity index (χ1v) is 7.83. The maximum atomic E-state index is 6.07. The molecule has 2 N–H and O–H groups in total. The number of aryl methyl sites for hydroxylation is 1. The lowest BCUT2D eigenvalue weighted by atomic mass is 10.0. The smallest absolute Gasteiger partial charge is 0.191 e. The summed E-state index contributed by atoms with van der Waals surface area (Å²) in [4.78, 5) is 8.86. The summed E-state index contributed by atoms with van der Waals surface area (Å²) >= 11 is 0. The molecule has 0 aliphatic rings. The van der Waals surface area contributed by atoms with E-state index in [0.717, 1.165) is 19.5 Å². The zero-order valence-corrected chi connectivity index (χ0v) is 14.1. The Morgan fingerprint density at radius 3 is 2.10 bits per heavy atom. The van der Waals surface area contributed by atoms with Crippen LogP contribution >= 0.6 is 0 Å². The Morgan fingerprint density at radius 1 is 1.10 bits per heavy atom. The van der Waals surface area contributed by atoms with Crippen molar-refractivity contribution in [3.63, 3.8) is 0 Å². The first-order valence-electron chi connectivity index (χ1n) is 7.83. The minimum Gasteiger partial charge on any atom is -0.370 e. The number of aliphatic imine (C=N–C) groups is 1. The Morgan fingerprint density at radius 2 is 1.67 bits per heavy atom. The van der Waals surface area contributed by atoms with Crippen LogP contribution in [0.3, 0.4) is 0 Å². The van der Waals surface area contributed by atoms with E-state index in [1.807, 2.05) is 0 Å². The number of nitrogens with two attached hydrogens (primary N) is 1. The minimum absolute atomic E-state index is 0.255. The van der Waals surface area contributed by atoms with Gasteiger partial charge in [-0.25, -0.2) is 0 Å². The van der Waals surface area contributed by atoms with E-state index in [4.69, 9.17) is 5.73 Å². The molecule has 0 heterocycles. The molecule has 0 spiro atoms. The van der Waals surface area contributed by atoms with Gasteiger partial charge in [-0.15, -0.1) is 0 Å². The second-order valence-electron chi connectivity index (χ2n) is 5.45. The van der Waals surface area contributed by atoms with E-state index in [1.165, 1.54) is 11.1 Å². The Labute approximate surface area is 129 Å². The maximum absolute atomic E-state index is 6.07. The monoisotopic (exact) mass is 290 g/mol. The second kappa shape index (κ2) is 8.67. The van der Waals surface area contributed by atoms with Crippen LogP contribution in [0, 0.1) is 0 Å². The van der Waals surface area contributed by atoms with Crippen molar-refractivity contribution in [2.45, 2.75) is 33.2 Å². The van der Waals surface area contributed by atoms with Gasteiger partial charge < -0.3 is 15.5 Å². The Balaban J connectivity index is 2.84. The van der Waals surface area contributed by atoms with Crippen LogP contribution in [0.4, 0.5) is 0 Å². The summed E-state index contributed by atoms with van der Waals surface area (Å²) in [6, 6.07) is 9.05. The van der Waals surface area contributed by atoms with Gasteiger partial charge in [0.25, 0.3) is 0 Å². The largest absolute Gasteiger partial charge is 0.370 e. The minimum atomic E-state index is 0.255. The van der Waals surface area contributed by atoms with Gasteiger partial charge >= 0.3 is 0 Å². The van der Waals surface area contributed by atoms with Gasteiger partial charge in [-0.2, -0.15) is 0 Å². The number of hydrogen-bond acceptors (Lipinski definition) is 2. The van der Waals surface area contributed by atoms with Crippen LogP contribution < -0.4 is 5.73 Å². The molecular weight excluding hydrogens is 260 g/mol. The molecule has 0 aromatic heterocycles. The number of benzene rings is 1. The molecule has 4 heteroatoms. The standard InChI is InChI=1S/C17H30N4/c1-6-14-9-11-15(12-10-14)16(20(4)5)13-19-17(18)21(7-2)8-3/h9-12,16H,6-8,13H2,1-5H3,(H2,18,19). The van der Waals surface area contributed by atoms with Crippen molar-refractivity contribution in [3.05, 3.63) is 35.4 Å². The van der Waals surface area contributed by atoms with Crippen LogP contribution in [0.1, 0.15) is 37.9 Å². The fourth-order valence-electron chi connectivity index (χ4n) is 2.37. The maximum Gasteiger partial charge on any atom is 0.191 e.